The van der Waals surface area contributed by atoms with E-state index >= 15 is 0 Å². The van der Waals surface area contributed by atoms with Crippen LogP contribution in [0.1, 0.15) is 19.3 Å². The van der Waals surface area contributed by atoms with E-state index in [0.29, 0.717) is 12.2 Å². The first kappa shape index (κ1) is 12.0. The van der Waals surface area contributed by atoms with E-state index in [9.17, 15) is 4.79 Å². The predicted molar refractivity (Wildman–Crippen MR) is 62.5 cm³/mol. The molecule has 0 spiro atoms. The summed E-state index contributed by atoms with van der Waals surface area (Å²) in [6, 6.07) is 0. The van der Waals surface area contributed by atoms with Crippen molar-refractivity contribution in [3.05, 3.63) is 0 Å². The van der Waals surface area contributed by atoms with Gasteiger partial charge < -0.3 is 15.0 Å². The topological polar surface area (TPSA) is 41.6 Å². The minimum atomic E-state index is 0.105. The molecule has 16 heavy (non-hydrogen) atoms. The monoisotopic (exact) mass is 226 g/mol. The first-order valence-corrected chi connectivity index (χ1v) is 6.29. The number of nitrogens with one attached hydrogen (secondary N) is 1. The van der Waals surface area contributed by atoms with Gasteiger partial charge in [-0.15, -0.1) is 0 Å². The molecule has 0 aromatic carbocycles. The number of hydrogen-bond donors (Lipinski definition) is 1. The Kier molecular flexibility index (Phi) is 4.32. The van der Waals surface area contributed by atoms with Crippen molar-refractivity contribution in [3.63, 3.8) is 0 Å². The molecular formula is C12H22N2O2. The maximum Gasteiger partial charge on any atom is 0.139 e. The Labute approximate surface area is 97.3 Å². The van der Waals surface area contributed by atoms with Crippen molar-refractivity contribution in [2.75, 3.05) is 39.8 Å². The second-order valence-corrected chi connectivity index (χ2v) is 4.97. The van der Waals surface area contributed by atoms with E-state index in [1.54, 1.807) is 0 Å². The minimum absolute atomic E-state index is 0.105. The smallest absolute Gasteiger partial charge is 0.139 e. The molecule has 2 atom stereocenters. The van der Waals surface area contributed by atoms with Crippen molar-refractivity contribution >= 4 is 5.78 Å². The summed E-state index contributed by atoms with van der Waals surface area (Å²) >= 11 is 0. The van der Waals surface area contributed by atoms with Gasteiger partial charge in [-0.2, -0.15) is 0 Å². The molecule has 2 fully saturated rings. The minimum Gasteiger partial charge on any atom is -0.375 e. The first-order valence-electron chi connectivity index (χ1n) is 6.29. The first-order chi connectivity index (χ1) is 7.75. The normalized spacial score (nSPS) is 32.6. The number of likely N-dealkylation sites (tertiary alicyclic amines) is 1. The molecule has 2 saturated heterocycles. The highest BCUT2D eigenvalue weighted by atomic mass is 16.5. The number of nitrogens with zero attached hydrogens (tertiary/aromatic N) is 1. The standard InChI is InChI=1S/C12H22N2O2/c1-14-5-2-3-10(9-14)12(15)7-11-8-13-4-6-16-11/h10-11,13H,2-9H2,1H3. The number of ketones is 1. The molecule has 0 aromatic heterocycles. The van der Waals surface area contributed by atoms with Gasteiger partial charge in [0.05, 0.1) is 12.7 Å². The zero-order valence-electron chi connectivity index (χ0n) is 10.1. The highest BCUT2D eigenvalue weighted by molar-refractivity contribution is 5.81. The highest BCUT2D eigenvalue weighted by Crippen LogP contribution is 2.18. The Morgan fingerprint density at radius 1 is 1.56 bits per heavy atom. The lowest BCUT2D eigenvalue weighted by atomic mass is 9.91. The van der Waals surface area contributed by atoms with Crippen LogP contribution in [0.15, 0.2) is 0 Å². The second kappa shape index (κ2) is 5.75. The molecule has 0 aromatic rings. The Morgan fingerprint density at radius 2 is 2.44 bits per heavy atom. The maximum absolute atomic E-state index is 12.1. The number of ether oxygens (including phenoxy) is 1. The molecule has 1 N–H and O–H groups in total. The number of carbonyl (C=O) groups is 1. The molecule has 0 amide bonds. The van der Waals surface area contributed by atoms with E-state index in [0.717, 1.165) is 45.6 Å². The van der Waals surface area contributed by atoms with Crippen LogP contribution in [-0.2, 0) is 9.53 Å². The van der Waals surface area contributed by atoms with Crippen LogP contribution in [0.4, 0.5) is 0 Å². The molecule has 0 radical (unpaired) electrons. The van der Waals surface area contributed by atoms with E-state index in [-0.39, 0.29) is 12.0 Å². The van der Waals surface area contributed by atoms with Gasteiger partial charge in [-0.3, -0.25) is 4.79 Å². The molecule has 92 valence electrons. The SMILES string of the molecule is CN1CCCC(C(=O)CC2CNCCO2)C1. The van der Waals surface area contributed by atoms with Crippen LogP contribution in [-0.4, -0.2) is 56.6 Å². The quantitative estimate of drug-likeness (QED) is 0.750. The lowest BCUT2D eigenvalue weighted by Gasteiger charge is -2.30. The maximum atomic E-state index is 12.1. The molecule has 2 unspecified atom stereocenters. The van der Waals surface area contributed by atoms with Gasteiger partial charge in [0.15, 0.2) is 0 Å². The largest absolute Gasteiger partial charge is 0.375 e. The van der Waals surface area contributed by atoms with E-state index in [4.69, 9.17) is 4.74 Å². The van der Waals surface area contributed by atoms with Crippen molar-refractivity contribution < 1.29 is 9.53 Å². The van der Waals surface area contributed by atoms with Crippen molar-refractivity contribution in [2.24, 2.45) is 5.92 Å². The van der Waals surface area contributed by atoms with Gasteiger partial charge in [0, 0.05) is 32.0 Å². The molecule has 2 aliphatic rings. The lowest BCUT2D eigenvalue weighted by Crippen LogP contribution is -2.42. The number of hydrogen-bond acceptors (Lipinski definition) is 4. The molecule has 0 aliphatic carbocycles. The van der Waals surface area contributed by atoms with Crippen molar-refractivity contribution in [1.82, 2.24) is 10.2 Å². The van der Waals surface area contributed by atoms with E-state index < -0.39 is 0 Å². The van der Waals surface area contributed by atoms with Gasteiger partial charge in [-0.05, 0) is 26.4 Å². The number of Topliss-reactive ketones (excluding diaryl/α,β-unsaturated/α-hetero) is 1. The van der Waals surface area contributed by atoms with Gasteiger partial charge in [-0.25, -0.2) is 0 Å². The molecule has 2 heterocycles. The molecule has 2 aliphatic heterocycles. The van der Waals surface area contributed by atoms with Gasteiger partial charge in [0.25, 0.3) is 0 Å². The van der Waals surface area contributed by atoms with E-state index in [1.807, 2.05) is 0 Å². The van der Waals surface area contributed by atoms with Gasteiger partial charge in [-0.1, -0.05) is 0 Å². The van der Waals surface area contributed by atoms with Crippen molar-refractivity contribution in [3.8, 4) is 0 Å². The van der Waals surface area contributed by atoms with Crippen molar-refractivity contribution in [1.29, 1.82) is 0 Å². The summed E-state index contributed by atoms with van der Waals surface area (Å²) in [6.45, 7) is 4.54. The molecule has 4 heteroatoms. The summed E-state index contributed by atoms with van der Waals surface area (Å²) in [6.07, 6.45) is 2.90. The summed E-state index contributed by atoms with van der Waals surface area (Å²) in [5.74, 6) is 0.629. The highest BCUT2D eigenvalue weighted by Gasteiger charge is 2.26. The van der Waals surface area contributed by atoms with Crippen LogP contribution < -0.4 is 5.32 Å². The zero-order chi connectivity index (χ0) is 11.4. The number of morpholine rings is 1. The Morgan fingerprint density at radius 3 is 3.12 bits per heavy atom. The summed E-state index contributed by atoms with van der Waals surface area (Å²) < 4.78 is 5.57. The zero-order valence-corrected chi connectivity index (χ0v) is 10.1. The van der Waals surface area contributed by atoms with E-state index in [2.05, 4.69) is 17.3 Å². The van der Waals surface area contributed by atoms with Crippen LogP contribution in [0.3, 0.4) is 0 Å². The predicted octanol–water partition coefficient (Wildman–Crippen LogP) is 0.276. The summed E-state index contributed by atoms with van der Waals surface area (Å²) in [7, 11) is 2.10. The van der Waals surface area contributed by atoms with Gasteiger partial charge in [0.2, 0.25) is 0 Å². The average Bonchev–Trinajstić information content (AvgIpc) is 2.30. The Balaban J connectivity index is 1.77. The number of rotatable bonds is 3. The third-order valence-electron chi connectivity index (χ3n) is 3.51. The van der Waals surface area contributed by atoms with Gasteiger partial charge >= 0.3 is 0 Å². The molecule has 2 rings (SSSR count). The molecule has 0 bridgehead atoms. The fourth-order valence-electron chi connectivity index (χ4n) is 2.57. The van der Waals surface area contributed by atoms with Crippen LogP contribution >= 0.6 is 0 Å². The molecule has 4 nitrogen and oxygen atoms in total. The number of piperidine rings is 1. The van der Waals surface area contributed by atoms with Crippen LogP contribution in [0, 0.1) is 5.92 Å². The fourth-order valence-corrected chi connectivity index (χ4v) is 2.57. The van der Waals surface area contributed by atoms with Crippen LogP contribution in [0.25, 0.3) is 0 Å². The van der Waals surface area contributed by atoms with Crippen LogP contribution in [0.2, 0.25) is 0 Å². The van der Waals surface area contributed by atoms with Gasteiger partial charge in [0.1, 0.15) is 5.78 Å². The summed E-state index contributed by atoms with van der Waals surface area (Å²) in [4.78, 5) is 14.3. The summed E-state index contributed by atoms with van der Waals surface area (Å²) in [5, 5.41) is 3.26. The molecule has 0 saturated carbocycles. The summed E-state index contributed by atoms with van der Waals surface area (Å²) in [5.41, 5.74) is 0. The molecular weight excluding hydrogens is 204 g/mol. The van der Waals surface area contributed by atoms with E-state index in [1.165, 1.54) is 0 Å². The number of carbonyl (C=O) groups excluding carboxylic acids is 1. The fraction of sp³-hybridized carbons (Fsp3) is 0.917. The lowest BCUT2D eigenvalue weighted by molar-refractivity contribution is -0.127. The second-order valence-electron chi connectivity index (χ2n) is 4.97. The van der Waals surface area contributed by atoms with Crippen molar-refractivity contribution in [2.45, 2.75) is 25.4 Å². The Hall–Kier alpha value is -0.450. The average molecular weight is 226 g/mol. The Bertz CT molecular complexity index is 239. The third kappa shape index (κ3) is 3.27. The third-order valence-corrected chi connectivity index (χ3v) is 3.51. The van der Waals surface area contributed by atoms with Crippen LogP contribution in [0.5, 0.6) is 0 Å².